The molecule has 1 heterocycles. The molecule has 0 radical (unpaired) electrons. The van der Waals surface area contributed by atoms with Gasteiger partial charge >= 0.3 is 0 Å². The number of rotatable bonds is 6. The van der Waals surface area contributed by atoms with Crippen LogP contribution in [0.4, 0.5) is 0 Å². The lowest BCUT2D eigenvalue weighted by Gasteiger charge is -2.23. The lowest BCUT2D eigenvalue weighted by atomic mass is 10.1. The van der Waals surface area contributed by atoms with Crippen molar-refractivity contribution >= 4 is 5.91 Å². The molecule has 0 unspecified atom stereocenters. The highest BCUT2D eigenvalue weighted by molar-refractivity contribution is 5.95. The molecule has 0 saturated heterocycles. The van der Waals surface area contributed by atoms with Crippen molar-refractivity contribution in [1.82, 2.24) is 19.7 Å². The maximum absolute atomic E-state index is 12.9. The number of carbonyl (C=O) groups is 1. The van der Waals surface area contributed by atoms with Crippen LogP contribution in [0.5, 0.6) is 0 Å². The molecule has 2 aromatic carbocycles. The van der Waals surface area contributed by atoms with E-state index in [1.807, 2.05) is 49.4 Å². The number of carbonyl (C=O) groups excluding carboxylic acids is 1. The second-order valence-electron chi connectivity index (χ2n) is 5.78. The van der Waals surface area contributed by atoms with Crippen LogP contribution >= 0.6 is 0 Å². The number of aromatic nitrogens is 3. The zero-order valence-corrected chi connectivity index (χ0v) is 14.0. The van der Waals surface area contributed by atoms with Gasteiger partial charge in [0.25, 0.3) is 5.91 Å². The van der Waals surface area contributed by atoms with Gasteiger partial charge in [-0.3, -0.25) is 4.79 Å². The summed E-state index contributed by atoms with van der Waals surface area (Å²) in [6.45, 7) is 2.57. The summed E-state index contributed by atoms with van der Waals surface area (Å²) in [6.07, 6.45) is 3.08. The van der Waals surface area contributed by atoms with Gasteiger partial charge in [-0.05, 0) is 36.2 Å². The fraction of sp³-hybridized carbons (Fsp3) is 0.211. The molecule has 1 N–H and O–H groups in total. The highest BCUT2D eigenvalue weighted by Gasteiger charge is 2.18. The van der Waals surface area contributed by atoms with Crippen LogP contribution in [0.2, 0.25) is 0 Å². The van der Waals surface area contributed by atoms with Gasteiger partial charge in [0.1, 0.15) is 12.7 Å². The summed E-state index contributed by atoms with van der Waals surface area (Å²) in [4.78, 5) is 18.5. The largest absolute Gasteiger partial charge is 0.395 e. The quantitative estimate of drug-likeness (QED) is 0.749. The number of nitrogens with zero attached hydrogens (tertiary/aromatic N) is 4. The minimum Gasteiger partial charge on any atom is -0.395 e. The first-order chi connectivity index (χ1) is 12.2. The average molecular weight is 336 g/mol. The molecule has 6 heteroatoms. The average Bonchev–Trinajstić information content (AvgIpc) is 3.16. The lowest BCUT2D eigenvalue weighted by Crippen LogP contribution is -2.33. The maximum Gasteiger partial charge on any atom is 0.254 e. The number of aryl methyl sites for hydroxylation is 1. The van der Waals surface area contributed by atoms with Gasteiger partial charge in [0.2, 0.25) is 0 Å². The number of hydrogen-bond donors (Lipinski definition) is 1. The monoisotopic (exact) mass is 336 g/mol. The molecule has 0 aliphatic rings. The molecule has 0 atom stereocenters. The molecular formula is C19H20N4O2. The Bertz CT molecular complexity index is 832. The summed E-state index contributed by atoms with van der Waals surface area (Å²) < 4.78 is 1.65. The van der Waals surface area contributed by atoms with Crippen LogP contribution in [0, 0.1) is 6.92 Å². The van der Waals surface area contributed by atoms with Gasteiger partial charge < -0.3 is 10.0 Å². The number of aliphatic hydroxyl groups excluding tert-OH is 1. The van der Waals surface area contributed by atoms with Gasteiger partial charge in [-0.1, -0.05) is 30.3 Å². The Hall–Kier alpha value is -2.99. The Labute approximate surface area is 146 Å². The van der Waals surface area contributed by atoms with Gasteiger partial charge in [-0.2, -0.15) is 5.10 Å². The third-order valence-corrected chi connectivity index (χ3v) is 4.00. The van der Waals surface area contributed by atoms with Crippen LogP contribution < -0.4 is 0 Å². The van der Waals surface area contributed by atoms with Gasteiger partial charge in [0, 0.05) is 18.7 Å². The van der Waals surface area contributed by atoms with E-state index in [-0.39, 0.29) is 19.1 Å². The van der Waals surface area contributed by atoms with Crippen molar-refractivity contribution in [2.24, 2.45) is 0 Å². The van der Waals surface area contributed by atoms with E-state index in [4.69, 9.17) is 0 Å². The van der Waals surface area contributed by atoms with E-state index in [0.717, 1.165) is 16.8 Å². The number of hydrogen-bond acceptors (Lipinski definition) is 4. The van der Waals surface area contributed by atoms with Crippen molar-refractivity contribution in [2.75, 3.05) is 13.2 Å². The molecule has 0 spiro atoms. The fourth-order valence-electron chi connectivity index (χ4n) is 2.72. The lowest BCUT2D eigenvalue weighted by molar-refractivity contribution is 0.0707. The molecular weight excluding hydrogens is 316 g/mol. The van der Waals surface area contributed by atoms with E-state index in [2.05, 4.69) is 10.1 Å². The Kier molecular flexibility index (Phi) is 5.20. The minimum absolute atomic E-state index is 0.0747. The van der Waals surface area contributed by atoms with E-state index >= 15 is 0 Å². The maximum atomic E-state index is 12.9. The highest BCUT2D eigenvalue weighted by Crippen LogP contribution is 2.17. The van der Waals surface area contributed by atoms with Crippen molar-refractivity contribution in [3.05, 3.63) is 77.9 Å². The van der Waals surface area contributed by atoms with E-state index in [1.165, 1.54) is 6.33 Å². The molecule has 1 amide bonds. The van der Waals surface area contributed by atoms with E-state index in [0.29, 0.717) is 12.1 Å². The zero-order valence-electron chi connectivity index (χ0n) is 14.0. The van der Waals surface area contributed by atoms with E-state index < -0.39 is 0 Å². The van der Waals surface area contributed by atoms with E-state index in [9.17, 15) is 9.90 Å². The van der Waals surface area contributed by atoms with Crippen molar-refractivity contribution in [3.63, 3.8) is 0 Å². The molecule has 0 saturated carbocycles. The standard InChI is InChI=1S/C19H20N4O2/c1-15-11-17(23-14-20-13-21-23)7-8-18(15)19(25)22(9-10-24)12-16-5-3-2-4-6-16/h2-8,11,13-14,24H,9-10,12H2,1H3. The SMILES string of the molecule is Cc1cc(-n2cncn2)ccc1C(=O)N(CCO)Cc1ccccc1. The predicted molar refractivity (Wildman–Crippen MR) is 94.4 cm³/mol. The van der Waals surface area contributed by atoms with Crippen LogP contribution in [0.25, 0.3) is 5.69 Å². The van der Waals surface area contributed by atoms with Crippen LogP contribution in [-0.4, -0.2) is 43.8 Å². The fourth-order valence-corrected chi connectivity index (χ4v) is 2.72. The molecule has 0 aliphatic carbocycles. The number of aliphatic hydroxyl groups is 1. The van der Waals surface area contributed by atoms with Crippen molar-refractivity contribution < 1.29 is 9.90 Å². The van der Waals surface area contributed by atoms with Crippen molar-refractivity contribution in [1.29, 1.82) is 0 Å². The van der Waals surface area contributed by atoms with Crippen LogP contribution in [0.3, 0.4) is 0 Å². The Morgan fingerprint density at radius 1 is 1.20 bits per heavy atom. The Morgan fingerprint density at radius 2 is 2.00 bits per heavy atom. The second kappa shape index (κ2) is 7.72. The van der Waals surface area contributed by atoms with Gasteiger partial charge in [0.05, 0.1) is 12.3 Å². The Morgan fingerprint density at radius 3 is 2.64 bits per heavy atom. The topological polar surface area (TPSA) is 71.2 Å². The molecule has 3 aromatic rings. The first kappa shape index (κ1) is 16.9. The minimum atomic E-state index is -0.0967. The summed E-state index contributed by atoms with van der Waals surface area (Å²) >= 11 is 0. The van der Waals surface area contributed by atoms with Crippen molar-refractivity contribution in [3.8, 4) is 5.69 Å². The molecule has 128 valence electrons. The van der Waals surface area contributed by atoms with Crippen LogP contribution in [0.1, 0.15) is 21.5 Å². The first-order valence-corrected chi connectivity index (χ1v) is 8.09. The van der Waals surface area contributed by atoms with Gasteiger partial charge in [-0.25, -0.2) is 9.67 Å². The van der Waals surface area contributed by atoms with Crippen LogP contribution in [-0.2, 0) is 6.54 Å². The third-order valence-electron chi connectivity index (χ3n) is 4.00. The van der Waals surface area contributed by atoms with Crippen molar-refractivity contribution in [2.45, 2.75) is 13.5 Å². The summed E-state index contributed by atoms with van der Waals surface area (Å²) in [5.41, 5.74) is 3.35. The second-order valence-corrected chi connectivity index (χ2v) is 5.78. The highest BCUT2D eigenvalue weighted by atomic mass is 16.3. The molecule has 1 aromatic heterocycles. The summed E-state index contributed by atoms with van der Waals surface area (Å²) in [5, 5.41) is 13.4. The zero-order chi connectivity index (χ0) is 17.6. The first-order valence-electron chi connectivity index (χ1n) is 8.09. The van der Waals surface area contributed by atoms with E-state index in [1.54, 1.807) is 22.0 Å². The predicted octanol–water partition coefficient (Wildman–Crippen LogP) is 2.21. The normalized spacial score (nSPS) is 10.6. The third kappa shape index (κ3) is 3.92. The van der Waals surface area contributed by atoms with Gasteiger partial charge in [-0.15, -0.1) is 0 Å². The Balaban J connectivity index is 1.84. The van der Waals surface area contributed by atoms with Crippen LogP contribution in [0.15, 0.2) is 61.2 Å². The summed E-state index contributed by atoms with van der Waals surface area (Å²) in [5.74, 6) is -0.0967. The molecule has 0 bridgehead atoms. The smallest absolute Gasteiger partial charge is 0.254 e. The summed E-state index contributed by atoms with van der Waals surface area (Å²) in [7, 11) is 0. The molecule has 0 aliphatic heterocycles. The number of benzene rings is 2. The molecule has 3 rings (SSSR count). The van der Waals surface area contributed by atoms with Gasteiger partial charge in [0.15, 0.2) is 0 Å². The molecule has 25 heavy (non-hydrogen) atoms. The summed E-state index contributed by atoms with van der Waals surface area (Å²) in [6, 6.07) is 15.3. The number of amides is 1. The molecule has 0 fully saturated rings. The molecule has 6 nitrogen and oxygen atoms in total.